The fourth-order valence-corrected chi connectivity index (χ4v) is 4.41. The van der Waals surface area contributed by atoms with Gasteiger partial charge in [0.25, 0.3) is 5.91 Å². The van der Waals surface area contributed by atoms with Crippen molar-refractivity contribution in [2.45, 2.75) is 18.0 Å². The highest BCUT2D eigenvalue weighted by molar-refractivity contribution is 5.97. The molecule has 0 bridgehead atoms. The summed E-state index contributed by atoms with van der Waals surface area (Å²) in [7, 11) is 3.95. The number of fused-ring (bicyclic) bond motifs is 1. The van der Waals surface area contributed by atoms with E-state index in [1.54, 1.807) is 28.1 Å². The lowest BCUT2D eigenvalue weighted by Gasteiger charge is -2.58. The minimum atomic E-state index is -0.265. The number of benzene rings is 1. The highest BCUT2D eigenvalue weighted by Gasteiger charge is 2.54. The summed E-state index contributed by atoms with van der Waals surface area (Å²) >= 11 is 0. The molecule has 7 nitrogen and oxygen atoms in total. The topological polar surface area (TPSA) is 77.0 Å². The van der Waals surface area contributed by atoms with Gasteiger partial charge in [-0.2, -0.15) is 0 Å². The van der Waals surface area contributed by atoms with Gasteiger partial charge in [0, 0.05) is 30.4 Å². The molecular formula is C24H26N4O3. The first-order chi connectivity index (χ1) is 15.0. The molecule has 2 aliphatic rings. The predicted octanol–water partition coefficient (Wildman–Crippen LogP) is 0.806. The van der Waals surface area contributed by atoms with E-state index in [-0.39, 0.29) is 43.0 Å². The van der Waals surface area contributed by atoms with E-state index in [1.807, 2.05) is 43.3 Å². The number of piperazine rings is 1. The minimum absolute atomic E-state index is 0.0217. The lowest BCUT2D eigenvalue weighted by Crippen LogP contribution is -2.73. The first-order valence-corrected chi connectivity index (χ1v) is 10.3. The van der Waals surface area contributed by atoms with E-state index in [9.17, 15) is 14.7 Å². The van der Waals surface area contributed by atoms with Crippen molar-refractivity contribution >= 4 is 11.8 Å². The number of carbonyl (C=O) groups excluding carboxylic acids is 2. The zero-order valence-electron chi connectivity index (χ0n) is 17.7. The maximum absolute atomic E-state index is 12.9. The molecule has 2 aliphatic heterocycles. The van der Waals surface area contributed by atoms with Crippen LogP contribution in [0.1, 0.15) is 27.4 Å². The van der Waals surface area contributed by atoms with Gasteiger partial charge >= 0.3 is 0 Å². The molecule has 0 radical (unpaired) electrons. The molecule has 0 unspecified atom stereocenters. The van der Waals surface area contributed by atoms with Gasteiger partial charge < -0.3 is 14.9 Å². The monoisotopic (exact) mass is 418 g/mol. The average molecular weight is 418 g/mol. The number of aromatic nitrogens is 1. The van der Waals surface area contributed by atoms with Crippen molar-refractivity contribution in [1.29, 1.82) is 0 Å². The molecular weight excluding hydrogens is 392 g/mol. The number of aliphatic hydroxyl groups excluding tert-OH is 1. The van der Waals surface area contributed by atoms with Crippen molar-refractivity contribution in [1.82, 2.24) is 19.7 Å². The summed E-state index contributed by atoms with van der Waals surface area (Å²) in [6.07, 6.45) is 3.13. The van der Waals surface area contributed by atoms with E-state index in [1.165, 1.54) is 6.20 Å². The molecule has 3 atom stereocenters. The zero-order valence-corrected chi connectivity index (χ0v) is 17.7. The van der Waals surface area contributed by atoms with Crippen LogP contribution < -0.4 is 0 Å². The van der Waals surface area contributed by atoms with Crippen LogP contribution in [0.25, 0.3) is 0 Å². The Morgan fingerprint density at radius 1 is 1.26 bits per heavy atom. The first kappa shape index (κ1) is 21.0. The third-order valence-electron chi connectivity index (χ3n) is 5.87. The average Bonchev–Trinajstić information content (AvgIpc) is 2.76. The third-order valence-corrected chi connectivity index (χ3v) is 5.87. The summed E-state index contributed by atoms with van der Waals surface area (Å²) in [6.45, 7) is 1.05. The van der Waals surface area contributed by atoms with Gasteiger partial charge in [-0.1, -0.05) is 24.0 Å². The lowest BCUT2D eigenvalue weighted by atomic mass is 9.73. The summed E-state index contributed by atoms with van der Waals surface area (Å²) < 4.78 is 0. The largest absolute Gasteiger partial charge is 0.394 e. The maximum Gasteiger partial charge on any atom is 0.255 e. The molecule has 7 heteroatoms. The van der Waals surface area contributed by atoms with Crippen LogP contribution in [0.2, 0.25) is 0 Å². The minimum Gasteiger partial charge on any atom is -0.394 e. The second-order valence-corrected chi connectivity index (χ2v) is 8.23. The van der Waals surface area contributed by atoms with Crippen LogP contribution in [0.4, 0.5) is 0 Å². The van der Waals surface area contributed by atoms with Crippen LogP contribution in [-0.2, 0) is 4.79 Å². The van der Waals surface area contributed by atoms with Crippen molar-refractivity contribution in [2.24, 2.45) is 0 Å². The number of nitrogens with zero attached hydrogens (tertiary/aromatic N) is 4. The number of amides is 2. The molecule has 0 aliphatic carbocycles. The molecule has 31 heavy (non-hydrogen) atoms. The van der Waals surface area contributed by atoms with Gasteiger partial charge in [-0.15, -0.1) is 0 Å². The number of pyridine rings is 1. The molecule has 1 aromatic heterocycles. The van der Waals surface area contributed by atoms with Crippen molar-refractivity contribution < 1.29 is 14.7 Å². The van der Waals surface area contributed by atoms with Crippen LogP contribution in [-0.4, -0.2) is 89.0 Å². The Morgan fingerprint density at radius 2 is 2.03 bits per heavy atom. The SMILES string of the molecule is CN(C)CC#Cc1ccc([C@@H]2[C@@H](CO)N3C(=O)CN(C(=O)c4cccnc4)C[C@H]23)cc1. The van der Waals surface area contributed by atoms with Crippen LogP contribution in [0.15, 0.2) is 48.8 Å². The molecule has 2 saturated heterocycles. The Hall–Kier alpha value is -3.21. The normalized spacial score (nSPS) is 22.5. The van der Waals surface area contributed by atoms with Crippen LogP contribution >= 0.6 is 0 Å². The van der Waals surface area contributed by atoms with Crippen molar-refractivity contribution in [2.75, 3.05) is 40.3 Å². The fourth-order valence-electron chi connectivity index (χ4n) is 4.41. The number of hydrogen-bond acceptors (Lipinski definition) is 5. The highest BCUT2D eigenvalue weighted by Crippen LogP contribution is 2.43. The second-order valence-electron chi connectivity index (χ2n) is 8.23. The molecule has 4 rings (SSSR count). The quantitative estimate of drug-likeness (QED) is 0.744. The summed E-state index contributed by atoms with van der Waals surface area (Å²) in [4.78, 5) is 35.0. The Morgan fingerprint density at radius 3 is 2.68 bits per heavy atom. The lowest BCUT2D eigenvalue weighted by molar-refractivity contribution is -0.159. The van der Waals surface area contributed by atoms with Gasteiger partial charge in [-0.3, -0.25) is 19.5 Å². The van der Waals surface area contributed by atoms with Gasteiger partial charge in [-0.25, -0.2) is 0 Å². The number of hydrogen-bond donors (Lipinski definition) is 1. The molecule has 1 N–H and O–H groups in total. The van der Waals surface area contributed by atoms with E-state index >= 15 is 0 Å². The number of rotatable bonds is 4. The number of aliphatic hydroxyl groups is 1. The van der Waals surface area contributed by atoms with Crippen molar-refractivity contribution in [3.05, 3.63) is 65.5 Å². The Balaban J connectivity index is 1.52. The molecule has 1 aromatic carbocycles. The smallest absolute Gasteiger partial charge is 0.255 e. The van der Waals surface area contributed by atoms with Crippen LogP contribution in [0.5, 0.6) is 0 Å². The molecule has 3 heterocycles. The van der Waals surface area contributed by atoms with Gasteiger partial charge in [-0.05, 0) is 43.9 Å². The predicted molar refractivity (Wildman–Crippen MR) is 116 cm³/mol. The van der Waals surface area contributed by atoms with Gasteiger partial charge in [0.2, 0.25) is 5.91 Å². The van der Waals surface area contributed by atoms with Gasteiger partial charge in [0.15, 0.2) is 0 Å². The van der Waals surface area contributed by atoms with E-state index in [4.69, 9.17) is 0 Å². The number of carbonyl (C=O) groups is 2. The molecule has 0 saturated carbocycles. The first-order valence-electron chi connectivity index (χ1n) is 10.3. The summed E-state index contributed by atoms with van der Waals surface area (Å²) in [5.74, 6) is 5.91. The maximum atomic E-state index is 12.9. The standard InChI is InChI=1S/C24H26N4O3/c1-26(2)12-4-5-17-7-9-18(10-8-17)23-20-14-27(15-22(30)28(20)21(23)16-29)24(31)19-6-3-11-25-13-19/h3,6-11,13,20-21,23,29H,12,14-16H2,1-2H3/t20-,21-,23+/m1/s1. The Labute approximate surface area is 182 Å². The highest BCUT2D eigenvalue weighted by atomic mass is 16.3. The van der Waals surface area contributed by atoms with E-state index in [0.717, 1.165) is 11.1 Å². The van der Waals surface area contributed by atoms with Crippen molar-refractivity contribution in [3.8, 4) is 11.8 Å². The third kappa shape index (κ3) is 4.18. The molecule has 2 amide bonds. The second kappa shape index (κ2) is 8.88. The van der Waals surface area contributed by atoms with Crippen LogP contribution in [0.3, 0.4) is 0 Å². The molecule has 0 spiro atoms. The molecule has 160 valence electrons. The van der Waals surface area contributed by atoms with E-state index in [2.05, 4.69) is 16.8 Å². The Bertz CT molecular complexity index is 1010. The Kier molecular flexibility index (Phi) is 6.03. The fraction of sp³-hybridized carbons (Fsp3) is 0.375. The van der Waals surface area contributed by atoms with Gasteiger partial charge in [0.05, 0.1) is 30.8 Å². The summed E-state index contributed by atoms with van der Waals surface area (Å²) in [5, 5.41) is 9.94. The van der Waals surface area contributed by atoms with E-state index < -0.39 is 0 Å². The summed E-state index contributed by atoms with van der Waals surface area (Å²) in [5.41, 5.74) is 2.44. The molecule has 2 fully saturated rings. The van der Waals surface area contributed by atoms with E-state index in [0.29, 0.717) is 18.7 Å². The molecule has 2 aromatic rings. The van der Waals surface area contributed by atoms with Gasteiger partial charge in [0.1, 0.15) is 6.54 Å². The summed E-state index contributed by atoms with van der Waals surface area (Å²) in [6, 6.07) is 11.0. The zero-order chi connectivity index (χ0) is 22.0. The van der Waals surface area contributed by atoms with Crippen LogP contribution in [0, 0.1) is 11.8 Å². The van der Waals surface area contributed by atoms with Crippen molar-refractivity contribution in [3.63, 3.8) is 0 Å².